The summed E-state index contributed by atoms with van der Waals surface area (Å²) in [6, 6.07) is 6.20. The van der Waals surface area contributed by atoms with Gasteiger partial charge in [0.2, 0.25) is 5.82 Å². The molecule has 0 amide bonds. The molecule has 0 bridgehead atoms. The Kier molecular flexibility index (Phi) is 5.24. The zero-order valence-corrected chi connectivity index (χ0v) is 17.9. The third-order valence-electron chi connectivity index (χ3n) is 6.03. The molecule has 7 nitrogen and oxygen atoms in total. The smallest absolute Gasteiger partial charge is 0.200 e. The highest BCUT2D eigenvalue weighted by atomic mass is 19.2. The molecule has 166 valence electrons. The van der Waals surface area contributed by atoms with Crippen LogP contribution in [0.4, 0.5) is 14.6 Å². The molecule has 0 saturated heterocycles. The van der Waals surface area contributed by atoms with Gasteiger partial charge in [0.05, 0.1) is 23.9 Å². The van der Waals surface area contributed by atoms with Crippen LogP contribution in [0.5, 0.6) is 5.75 Å². The van der Waals surface area contributed by atoms with Gasteiger partial charge < -0.3 is 10.1 Å². The minimum absolute atomic E-state index is 0.0263. The Morgan fingerprint density at radius 1 is 1.12 bits per heavy atom. The van der Waals surface area contributed by atoms with Crippen LogP contribution < -0.4 is 10.1 Å². The Hall–Kier alpha value is -3.49. The van der Waals surface area contributed by atoms with E-state index in [2.05, 4.69) is 20.1 Å². The first-order valence-electron chi connectivity index (χ1n) is 10.7. The maximum absolute atomic E-state index is 14.0. The van der Waals surface area contributed by atoms with E-state index in [0.717, 1.165) is 59.7 Å². The van der Waals surface area contributed by atoms with Crippen molar-refractivity contribution < 1.29 is 13.5 Å². The van der Waals surface area contributed by atoms with Gasteiger partial charge in [0.25, 0.3) is 0 Å². The molecule has 1 fully saturated rings. The van der Waals surface area contributed by atoms with Crippen molar-refractivity contribution in [2.24, 2.45) is 7.05 Å². The van der Waals surface area contributed by atoms with Crippen molar-refractivity contribution in [1.29, 1.82) is 0 Å². The lowest BCUT2D eigenvalue weighted by molar-refractivity contribution is 0.125. The molecule has 1 N–H and O–H groups in total. The number of ether oxygens (including phenoxy) is 1. The second kappa shape index (κ2) is 8.22. The fraction of sp³-hybridized carbons (Fsp3) is 0.348. The maximum Gasteiger partial charge on any atom is 0.200 e. The molecule has 9 heteroatoms. The van der Waals surface area contributed by atoms with Crippen LogP contribution in [0.15, 0.2) is 42.9 Å². The Morgan fingerprint density at radius 2 is 1.94 bits per heavy atom. The summed E-state index contributed by atoms with van der Waals surface area (Å²) in [7, 11) is 3.72. The van der Waals surface area contributed by atoms with E-state index in [9.17, 15) is 8.78 Å². The zero-order chi connectivity index (χ0) is 22.2. The normalized spacial score (nSPS) is 18.8. The van der Waals surface area contributed by atoms with Crippen LogP contribution >= 0.6 is 0 Å². The number of fused-ring (bicyclic) bond motifs is 1. The number of benzene rings is 1. The molecule has 3 aromatic heterocycles. The highest BCUT2D eigenvalue weighted by Crippen LogP contribution is 2.36. The molecule has 5 rings (SSSR count). The van der Waals surface area contributed by atoms with Crippen molar-refractivity contribution in [2.45, 2.75) is 37.8 Å². The summed E-state index contributed by atoms with van der Waals surface area (Å²) >= 11 is 0. The number of rotatable bonds is 5. The molecule has 0 radical (unpaired) electrons. The van der Waals surface area contributed by atoms with Crippen molar-refractivity contribution >= 4 is 16.7 Å². The predicted molar refractivity (Wildman–Crippen MR) is 118 cm³/mol. The average Bonchev–Trinajstić information content (AvgIpc) is 3.40. The molecule has 0 aliphatic heterocycles. The van der Waals surface area contributed by atoms with E-state index < -0.39 is 11.6 Å². The van der Waals surface area contributed by atoms with Crippen LogP contribution in [0.3, 0.4) is 0 Å². The number of aromatic nitrogens is 5. The van der Waals surface area contributed by atoms with Gasteiger partial charge in [-0.2, -0.15) is 14.6 Å². The van der Waals surface area contributed by atoms with E-state index in [1.165, 1.54) is 12.1 Å². The van der Waals surface area contributed by atoms with Crippen LogP contribution in [0.2, 0.25) is 0 Å². The summed E-state index contributed by atoms with van der Waals surface area (Å²) in [5.74, 6) is -1.08. The van der Waals surface area contributed by atoms with Gasteiger partial charge in [-0.15, -0.1) is 0 Å². The topological polar surface area (TPSA) is 69.8 Å². The number of nitrogens with one attached hydrogen (secondary N) is 1. The van der Waals surface area contributed by atoms with Gasteiger partial charge in [-0.25, -0.2) is 9.37 Å². The van der Waals surface area contributed by atoms with Crippen molar-refractivity contribution in [3.8, 4) is 17.0 Å². The summed E-state index contributed by atoms with van der Waals surface area (Å²) < 4.78 is 37.1. The van der Waals surface area contributed by atoms with E-state index >= 15 is 0 Å². The van der Waals surface area contributed by atoms with Crippen molar-refractivity contribution in [1.82, 2.24) is 24.5 Å². The predicted octanol–water partition coefficient (Wildman–Crippen LogP) is 4.71. The van der Waals surface area contributed by atoms with Crippen LogP contribution in [0.25, 0.3) is 22.2 Å². The summed E-state index contributed by atoms with van der Waals surface area (Å²) in [6.07, 6.45) is 8.53. The SMILES string of the molecule is CNc1cc2c(cn1)c(-c1cnn(C)c1)nn2C1CCC(Oc2cccc(F)c2F)CC1. The molecule has 1 aromatic carbocycles. The standard InChI is InChI=1S/C23H24F2N6O/c1-26-21-10-19-17(12-27-21)23(14-11-28-30(2)13-14)29-31(19)15-6-8-16(9-7-15)32-20-5-3-4-18(24)22(20)25/h3-5,10-13,15-16H,6-9H2,1-2H3,(H,26,27). The van der Waals surface area contributed by atoms with Gasteiger partial charge in [-0.05, 0) is 37.8 Å². The fourth-order valence-corrected chi connectivity index (χ4v) is 4.37. The van der Waals surface area contributed by atoms with Crippen LogP contribution in [-0.4, -0.2) is 37.7 Å². The minimum atomic E-state index is -0.930. The average molecular weight is 438 g/mol. The van der Waals surface area contributed by atoms with Crippen LogP contribution in [0, 0.1) is 11.6 Å². The van der Waals surface area contributed by atoms with Crippen molar-refractivity contribution in [3.63, 3.8) is 0 Å². The lowest BCUT2D eigenvalue weighted by atomic mass is 9.93. The Morgan fingerprint density at radius 3 is 2.66 bits per heavy atom. The fourth-order valence-electron chi connectivity index (χ4n) is 4.37. The third-order valence-corrected chi connectivity index (χ3v) is 6.03. The second-order valence-corrected chi connectivity index (χ2v) is 8.13. The summed E-state index contributed by atoms with van der Waals surface area (Å²) in [5, 5.41) is 13.3. The van der Waals surface area contributed by atoms with E-state index in [1.807, 2.05) is 32.6 Å². The van der Waals surface area contributed by atoms with Gasteiger partial charge in [0.1, 0.15) is 11.5 Å². The maximum atomic E-state index is 14.0. The molecular formula is C23H24F2N6O. The van der Waals surface area contributed by atoms with Gasteiger partial charge in [-0.1, -0.05) is 6.07 Å². The molecule has 0 atom stereocenters. The molecule has 1 saturated carbocycles. The van der Waals surface area contributed by atoms with Crippen LogP contribution in [-0.2, 0) is 7.05 Å². The first-order valence-corrected chi connectivity index (χ1v) is 10.7. The third kappa shape index (κ3) is 3.68. The summed E-state index contributed by atoms with van der Waals surface area (Å²) in [6.45, 7) is 0. The van der Waals surface area contributed by atoms with Crippen molar-refractivity contribution in [2.75, 3.05) is 12.4 Å². The molecular weight excluding hydrogens is 414 g/mol. The Labute approximate surface area is 184 Å². The number of pyridine rings is 1. The first kappa shape index (κ1) is 20.4. The van der Waals surface area contributed by atoms with Gasteiger partial charge >= 0.3 is 0 Å². The number of halogens is 2. The summed E-state index contributed by atoms with van der Waals surface area (Å²) in [5.41, 5.74) is 2.79. The molecule has 4 aromatic rings. The number of nitrogens with zero attached hydrogens (tertiary/aromatic N) is 5. The Balaban J connectivity index is 1.41. The molecule has 32 heavy (non-hydrogen) atoms. The number of anilines is 1. The lowest BCUT2D eigenvalue weighted by Gasteiger charge is -2.29. The molecule has 3 heterocycles. The number of hydrogen-bond donors (Lipinski definition) is 1. The molecule has 1 aliphatic carbocycles. The van der Waals surface area contributed by atoms with E-state index in [-0.39, 0.29) is 17.9 Å². The van der Waals surface area contributed by atoms with Crippen LogP contribution in [0.1, 0.15) is 31.7 Å². The minimum Gasteiger partial charge on any atom is -0.487 e. The highest BCUT2D eigenvalue weighted by Gasteiger charge is 2.27. The highest BCUT2D eigenvalue weighted by molar-refractivity contribution is 5.93. The first-order chi connectivity index (χ1) is 15.5. The van der Waals surface area contributed by atoms with Crippen molar-refractivity contribution in [3.05, 3.63) is 54.5 Å². The van der Waals surface area contributed by atoms with E-state index in [4.69, 9.17) is 9.84 Å². The molecule has 0 spiro atoms. The molecule has 0 unspecified atom stereocenters. The monoisotopic (exact) mass is 438 g/mol. The molecule has 1 aliphatic rings. The second-order valence-electron chi connectivity index (χ2n) is 8.13. The summed E-state index contributed by atoms with van der Waals surface area (Å²) in [4.78, 5) is 4.47. The zero-order valence-electron chi connectivity index (χ0n) is 17.9. The number of hydrogen-bond acceptors (Lipinski definition) is 5. The van der Waals surface area contributed by atoms with E-state index in [0.29, 0.717) is 0 Å². The van der Waals surface area contributed by atoms with Gasteiger partial charge in [-0.3, -0.25) is 9.36 Å². The largest absolute Gasteiger partial charge is 0.487 e. The lowest BCUT2D eigenvalue weighted by Crippen LogP contribution is -2.26. The quantitative estimate of drug-likeness (QED) is 0.489. The van der Waals surface area contributed by atoms with Gasteiger partial charge in [0.15, 0.2) is 11.6 Å². The van der Waals surface area contributed by atoms with Gasteiger partial charge in [0, 0.05) is 43.5 Å². The Bertz CT molecular complexity index is 1260. The number of aryl methyl sites for hydroxylation is 1. The van der Waals surface area contributed by atoms with E-state index in [1.54, 1.807) is 10.9 Å².